The first-order chi connectivity index (χ1) is 4.00. The molecule has 0 saturated carbocycles. The van der Waals surface area contributed by atoms with Crippen LogP contribution in [-0.4, -0.2) is 120 Å². The molecule has 0 aromatic carbocycles. The van der Waals surface area contributed by atoms with Gasteiger partial charge in [0, 0.05) is 0 Å². The summed E-state index contributed by atoms with van der Waals surface area (Å²) in [5.74, 6) is 0. The van der Waals surface area contributed by atoms with Gasteiger partial charge < -0.3 is 57.3 Å². The first-order valence-corrected chi connectivity index (χ1v) is 4.38. The van der Waals surface area contributed by atoms with Gasteiger partial charge in [-0.2, -0.15) is 15.6 Å². The predicted octanol–water partition coefficient (Wildman–Crippen LogP) is -19.5. The van der Waals surface area contributed by atoms with E-state index in [9.17, 15) is 0 Å². The molecule has 0 unspecified atom stereocenters. The Morgan fingerprint density at radius 2 is 0.421 bits per heavy atom. The molecule has 0 aromatic rings. The fourth-order valence-electron chi connectivity index (χ4n) is 0. The molecule has 0 aromatic heterocycles. The van der Waals surface area contributed by atoms with Crippen molar-refractivity contribution in [1.29, 1.82) is 0 Å². The number of phosphoric acid groups is 2. The zero-order valence-electron chi connectivity index (χ0n) is 8.17. The Hall–Kier alpha value is 3.93. The Morgan fingerprint density at radius 3 is 0.421 bits per heavy atom. The third kappa shape index (κ3) is 563. The second kappa shape index (κ2) is 37.9. The van der Waals surface area contributed by atoms with Crippen molar-refractivity contribution in [2.75, 3.05) is 0 Å². The van der Waals surface area contributed by atoms with Gasteiger partial charge >= 0.3 is 120 Å². The Bertz CT molecular complexity index is 147. The van der Waals surface area contributed by atoms with E-state index in [1.165, 1.54) is 0 Å². The van der Waals surface area contributed by atoms with Crippen molar-refractivity contribution >= 4 is 135 Å². The summed E-state index contributed by atoms with van der Waals surface area (Å²) in [5, 5.41) is 0. The van der Waals surface area contributed by atoms with Crippen molar-refractivity contribution in [2.24, 2.45) is 0 Å². The summed E-state index contributed by atoms with van der Waals surface area (Å²) in [6.45, 7) is 0. The van der Waals surface area contributed by atoms with Gasteiger partial charge in [-0.3, -0.25) is 0 Å². The van der Waals surface area contributed by atoms with E-state index >= 15 is 0 Å². The minimum Gasteiger partial charge on any atom is -1.00 e. The molecular formula is F4O8P2Sn5. The molecule has 19 heavy (non-hydrogen) atoms. The minimum atomic E-state index is -5.39. The maximum absolute atomic E-state index is 8.55. The molecule has 0 spiro atoms. The zero-order chi connectivity index (χ0) is 9.00. The second-order valence-corrected chi connectivity index (χ2v) is 2.68. The first kappa shape index (κ1) is 77.5. The molecular weight excluding hydrogens is 859 g/mol. The summed E-state index contributed by atoms with van der Waals surface area (Å²) < 4.78 is 17.1. The van der Waals surface area contributed by atoms with Crippen molar-refractivity contribution in [3.63, 3.8) is 0 Å². The van der Waals surface area contributed by atoms with E-state index in [0.717, 1.165) is 0 Å². The van der Waals surface area contributed by atoms with Gasteiger partial charge in [0.05, 0.1) is 0 Å². The van der Waals surface area contributed by atoms with Crippen LogP contribution >= 0.6 is 15.6 Å². The molecule has 0 fully saturated rings. The summed E-state index contributed by atoms with van der Waals surface area (Å²) in [4.78, 5) is 51.3. The summed E-state index contributed by atoms with van der Waals surface area (Å²) in [7, 11) is -10.8. The third-order valence-corrected chi connectivity index (χ3v) is 0. The normalized spacial score (nSPS) is 6.21. The number of halogens is 4. The van der Waals surface area contributed by atoms with Crippen LogP contribution in [0, 0.1) is 0 Å². The molecule has 0 aliphatic heterocycles. The van der Waals surface area contributed by atoms with Gasteiger partial charge in [-0.25, -0.2) is 0 Å². The third-order valence-electron chi connectivity index (χ3n) is 0. The molecule has 0 amide bonds. The second-order valence-electron chi connectivity index (χ2n) is 0.894. The number of hydrogen-bond donors (Lipinski definition) is 0. The van der Waals surface area contributed by atoms with Crippen LogP contribution in [0.1, 0.15) is 0 Å². The molecule has 8 nitrogen and oxygen atoms in total. The van der Waals surface area contributed by atoms with Crippen molar-refractivity contribution in [3.8, 4) is 0 Å². The topological polar surface area (TPSA) is 172 Å². The van der Waals surface area contributed by atoms with E-state index in [1.807, 2.05) is 0 Å². The predicted molar refractivity (Wildman–Crippen MR) is 44.0 cm³/mol. The molecule has 0 aliphatic carbocycles. The standard InChI is InChI=1S/4FH.2H3O4P.5Sn/c;;;;2*1-5(2,3)4;;;;;/h4*1H;2*(H3,1,2,3,4);;;;;/q;;;;;;5*+2/p-10. The van der Waals surface area contributed by atoms with E-state index in [-0.39, 0.29) is 138 Å². The van der Waals surface area contributed by atoms with Gasteiger partial charge in [0.15, 0.2) is 0 Å². The Kier molecular flexibility index (Phi) is 154. The molecule has 0 rings (SSSR count). The van der Waals surface area contributed by atoms with Crippen molar-refractivity contribution in [2.45, 2.75) is 0 Å². The molecule has 0 N–H and O–H groups in total. The fraction of sp³-hybridized carbons (Fsp3) is 0. The van der Waals surface area contributed by atoms with Crippen LogP contribution in [0.15, 0.2) is 0 Å². The maximum Gasteiger partial charge on any atom is 2.00 e. The van der Waals surface area contributed by atoms with Gasteiger partial charge in [0.25, 0.3) is 0 Å². The van der Waals surface area contributed by atoms with Crippen molar-refractivity contribution < 1.29 is 57.3 Å². The fourth-order valence-corrected chi connectivity index (χ4v) is 0. The summed E-state index contributed by atoms with van der Waals surface area (Å²) in [6.07, 6.45) is 0. The summed E-state index contributed by atoms with van der Waals surface area (Å²) in [6, 6.07) is 0. The number of rotatable bonds is 0. The average Bonchev–Trinajstić information content (AvgIpc) is 1.12. The summed E-state index contributed by atoms with van der Waals surface area (Å²) in [5.41, 5.74) is 0. The van der Waals surface area contributed by atoms with E-state index in [2.05, 4.69) is 0 Å². The molecule has 19 heteroatoms. The Labute approximate surface area is 190 Å². The molecule has 0 bridgehead atoms. The number of hydrogen-bond acceptors (Lipinski definition) is 8. The Balaban J connectivity index is -0.00000000508. The van der Waals surface area contributed by atoms with Crippen LogP contribution in [0.3, 0.4) is 0 Å². The molecule has 0 aliphatic rings. The van der Waals surface area contributed by atoms with Gasteiger partial charge in [-0.1, -0.05) is 0 Å². The largest absolute Gasteiger partial charge is 2.00 e. The van der Waals surface area contributed by atoms with E-state index < -0.39 is 15.6 Å². The molecule has 0 saturated heterocycles. The van der Waals surface area contributed by atoms with Crippen LogP contribution in [0.4, 0.5) is 0 Å². The van der Waals surface area contributed by atoms with E-state index in [1.54, 1.807) is 0 Å². The van der Waals surface area contributed by atoms with Crippen LogP contribution in [-0.2, 0) is 9.13 Å². The quantitative estimate of drug-likeness (QED) is 0.131. The van der Waals surface area contributed by atoms with E-state index in [0.29, 0.717) is 0 Å². The monoisotopic (exact) mass is 865 g/mol. The van der Waals surface area contributed by atoms with Crippen LogP contribution in [0.25, 0.3) is 0 Å². The van der Waals surface area contributed by atoms with Crippen LogP contribution in [0.2, 0.25) is 0 Å². The minimum absolute atomic E-state index is 0. The summed E-state index contributed by atoms with van der Waals surface area (Å²) >= 11 is 0. The van der Waals surface area contributed by atoms with Gasteiger partial charge in [0.1, 0.15) is 0 Å². The molecule has 106 valence electrons. The van der Waals surface area contributed by atoms with Gasteiger partial charge in [-0.05, 0) is 0 Å². The van der Waals surface area contributed by atoms with E-state index in [4.69, 9.17) is 38.5 Å². The van der Waals surface area contributed by atoms with Crippen LogP contribution < -0.4 is 48.2 Å². The van der Waals surface area contributed by atoms with Gasteiger partial charge in [-0.15, -0.1) is 0 Å². The maximum atomic E-state index is 8.55. The zero-order valence-corrected chi connectivity index (χ0v) is 24.2. The smallest absolute Gasteiger partial charge is 1.00 e. The molecule has 0 heterocycles. The average molecular weight is 859 g/mol. The van der Waals surface area contributed by atoms with Crippen molar-refractivity contribution in [1.82, 2.24) is 0 Å². The van der Waals surface area contributed by atoms with Gasteiger partial charge in [0.2, 0.25) is 0 Å². The molecule has 10 radical (unpaired) electrons. The SMILES string of the molecule is O=P([O-])([O-])[O-].O=P([O-])([O-])[O-].[F-].[F-].[F-].[F-].[Sn+2].[Sn+2].[Sn+2].[Sn+2].[Sn+2]. The van der Waals surface area contributed by atoms with Crippen LogP contribution in [0.5, 0.6) is 0 Å². The Morgan fingerprint density at radius 1 is 0.421 bits per heavy atom. The van der Waals surface area contributed by atoms with Crippen molar-refractivity contribution in [3.05, 3.63) is 0 Å². The first-order valence-electron chi connectivity index (χ1n) is 1.46. The molecule has 0 atom stereocenters.